The van der Waals surface area contributed by atoms with Crippen LogP contribution in [-0.4, -0.2) is 36.1 Å². The Morgan fingerprint density at radius 3 is 1.96 bits per heavy atom. The summed E-state index contributed by atoms with van der Waals surface area (Å²) in [6.07, 6.45) is 10.2. The molecule has 7 heteroatoms. The lowest BCUT2D eigenvalue weighted by Gasteiger charge is -2.37. The molecule has 0 aromatic heterocycles. The van der Waals surface area contributed by atoms with E-state index in [1.165, 1.54) is 25.7 Å². The molecule has 5 N–H and O–H groups in total. The number of carboxylic acids is 1. The molecule has 7 nitrogen and oxygen atoms in total. The number of hydrogen-bond acceptors (Lipinski definition) is 4. The highest BCUT2D eigenvalue weighted by atomic mass is 16.4. The number of carbonyl (C=O) groups is 3. The van der Waals surface area contributed by atoms with Gasteiger partial charge in [-0.25, -0.2) is 0 Å². The molecule has 0 spiro atoms. The fourth-order valence-electron chi connectivity index (χ4n) is 3.06. The zero-order chi connectivity index (χ0) is 18.3. The van der Waals surface area contributed by atoms with Gasteiger partial charge in [0.1, 0.15) is 5.66 Å². The van der Waals surface area contributed by atoms with Gasteiger partial charge < -0.3 is 21.5 Å². The summed E-state index contributed by atoms with van der Waals surface area (Å²) in [5.41, 5.74) is 4.21. The average molecular weight is 343 g/mol. The molecule has 0 heterocycles. The van der Waals surface area contributed by atoms with Crippen molar-refractivity contribution < 1.29 is 19.5 Å². The van der Waals surface area contributed by atoms with Gasteiger partial charge in [0.25, 0.3) is 0 Å². The molecular weight excluding hydrogens is 310 g/mol. The first-order valence-electron chi connectivity index (χ1n) is 8.93. The summed E-state index contributed by atoms with van der Waals surface area (Å²) >= 11 is 0. The molecule has 2 amide bonds. The topological polar surface area (TPSA) is 122 Å². The zero-order valence-corrected chi connectivity index (χ0v) is 14.8. The van der Waals surface area contributed by atoms with Gasteiger partial charge in [0.15, 0.2) is 0 Å². The SMILES string of the molecule is CCCCCCCCCCC(C(=O)O)C(CCN)(NC=O)NC=O. The van der Waals surface area contributed by atoms with Gasteiger partial charge in [0, 0.05) is 6.42 Å². The molecule has 0 rings (SSSR count). The normalized spacial score (nSPS) is 12.4. The molecule has 0 saturated heterocycles. The van der Waals surface area contributed by atoms with Crippen LogP contribution in [-0.2, 0) is 14.4 Å². The number of carbonyl (C=O) groups excluding carboxylic acids is 2. The summed E-state index contributed by atoms with van der Waals surface area (Å²) in [5.74, 6) is -1.95. The minimum atomic E-state index is -1.33. The van der Waals surface area contributed by atoms with E-state index < -0.39 is 17.6 Å². The molecule has 0 aliphatic heterocycles. The van der Waals surface area contributed by atoms with Crippen molar-refractivity contribution in [3.63, 3.8) is 0 Å². The number of amides is 2. The Hall–Kier alpha value is -1.63. The molecular formula is C17H33N3O4. The summed E-state index contributed by atoms with van der Waals surface area (Å²) < 4.78 is 0. The summed E-state index contributed by atoms with van der Waals surface area (Å²) in [4.78, 5) is 33.5. The maximum Gasteiger partial charge on any atom is 0.310 e. The third kappa shape index (κ3) is 8.29. The number of aliphatic carboxylic acids is 1. The highest BCUT2D eigenvalue weighted by molar-refractivity contribution is 5.73. The van der Waals surface area contributed by atoms with E-state index in [1.54, 1.807) is 0 Å². The molecule has 0 aromatic rings. The van der Waals surface area contributed by atoms with Crippen molar-refractivity contribution in [2.24, 2.45) is 11.7 Å². The average Bonchev–Trinajstić information content (AvgIpc) is 2.53. The van der Waals surface area contributed by atoms with E-state index in [2.05, 4.69) is 17.6 Å². The molecule has 0 fully saturated rings. The maximum absolute atomic E-state index is 11.7. The van der Waals surface area contributed by atoms with Crippen molar-refractivity contribution in [3.8, 4) is 0 Å². The van der Waals surface area contributed by atoms with Crippen LogP contribution in [0.25, 0.3) is 0 Å². The Bertz CT molecular complexity index is 354. The van der Waals surface area contributed by atoms with Crippen LogP contribution in [0.4, 0.5) is 0 Å². The molecule has 0 saturated carbocycles. The second-order valence-corrected chi connectivity index (χ2v) is 6.19. The van der Waals surface area contributed by atoms with Gasteiger partial charge in [0.2, 0.25) is 12.8 Å². The molecule has 0 aromatic carbocycles. The Labute approximate surface area is 144 Å². The van der Waals surface area contributed by atoms with E-state index in [-0.39, 0.29) is 13.0 Å². The smallest absolute Gasteiger partial charge is 0.310 e. The van der Waals surface area contributed by atoms with E-state index in [0.717, 1.165) is 25.7 Å². The van der Waals surface area contributed by atoms with E-state index >= 15 is 0 Å². The van der Waals surface area contributed by atoms with Crippen molar-refractivity contribution in [3.05, 3.63) is 0 Å². The summed E-state index contributed by atoms with van der Waals surface area (Å²) in [6, 6.07) is 0. The van der Waals surface area contributed by atoms with Crippen molar-refractivity contribution in [1.82, 2.24) is 10.6 Å². The van der Waals surface area contributed by atoms with Gasteiger partial charge in [0.05, 0.1) is 5.92 Å². The number of carboxylic acid groups (broad SMARTS) is 1. The van der Waals surface area contributed by atoms with Crippen molar-refractivity contribution >= 4 is 18.8 Å². The zero-order valence-electron chi connectivity index (χ0n) is 14.8. The fourth-order valence-corrected chi connectivity index (χ4v) is 3.06. The second kappa shape index (κ2) is 13.8. The van der Waals surface area contributed by atoms with E-state index in [0.29, 0.717) is 19.2 Å². The van der Waals surface area contributed by atoms with Crippen LogP contribution in [0.5, 0.6) is 0 Å². The van der Waals surface area contributed by atoms with Crippen LogP contribution < -0.4 is 16.4 Å². The lowest BCUT2D eigenvalue weighted by molar-refractivity contribution is -0.146. The van der Waals surface area contributed by atoms with Crippen LogP contribution in [0.3, 0.4) is 0 Å². The standard InChI is InChI=1S/C17H33N3O4/c1-2-3-4-5-6-7-8-9-10-15(16(23)24)17(11-12-18,19-13-21)20-14-22/h13-15H,2-12,18H2,1H3,(H,19,21)(H,20,22)(H,23,24). The van der Waals surface area contributed by atoms with Crippen LogP contribution in [0.2, 0.25) is 0 Å². The number of nitrogens with two attached hydrogens (primary N) is 1. The molecule has 0 radical (unpaired) electrons. The van der Waals surface area contributed by atoms with Gasteiger partial charge in [-0.1, -0.05) is 58.3 Å². The largest absolute Gasteiger partial charge is 0.481 e. The highest BCUT2D eigenvalue weighted by Gasteiger charge is 2.42. The number of unbranched alkanes of at least 4 members (excludes halogenated alkanes) is 7. The third-order valence-corrected chi connectivity index (χ3v) is 4.41. The Morgan fingerprint density at radius 2 is 1.54 bits per heavy atom. The Kier molecular flexibility index (Phi) is 12.8. The maximum atomic E-state index is 11.7. The van der Waals surface area contributed by atoms with Crippen LogP contribution >= 0.6 is 0 Å². The lowest BCUT2D eigenvalue weighted by atomic mass is 9.84. The van der Waals surface area contributed by atoms with Crippen LogP contribution in [0, 0.1) is 5.92 Å². The number of nitrogens with one attached hydrogen (secondary N) is 2. The molecule has 0 aliphatic rings. The predicted molar refractivity (Wildman–Crippen MR) is 93.2 cm³/mol. The molecule has 0 bridgehead atoms. The van der Waals surface area contributed by atoms with Crippen LogP contribution in [0.15, 0.2) is 0 Å². The minimum absolute atomic E-state index is 0.156. The first-order valence-corrected chi connectivity index (χ1v) is 8.93. The van der Waals surface area contributed by atoms with Gasteiger partial charge in [-0.2, -0.15) is 0 Å². The fraction of sp³-hybridized carbons (Fsp3) is 0.824. The van der Waals surface area contributed by atoms with Gasteiger partial charge in [-0.15, -0.1) is 0 Å². The van der Waals surface area contributed by atoms with Gasteiger partial charge in [-0.05, 0) is 13.0 Å². The molecule has 1 atom stereocenters. The van der Waals surface area contributed by atoms with Crippen molar-refractivity contribution in [1.29, 1.82) is 0 Å². The first kappa shape index (κ1) is 22.4. The van der Waals surface area contributed by atoms with Crippen molar-refractivity contribution in [2.45, 2.75) is 76.8 Å². The number of hydrogen-bond donors (Lipinski definition) is 4. The quantitative estimate of drug-likeness (QED) is 0.182. The van der Waals surface area contributed by atoms with E-state index in [4.69, 9.17) is 5.73 Å². The summed E-state index contributed by atoms with van der Waals surface area (Å²) in [6.45, 7) is 2.34. The van der Waals surface area contributed by atoms with E-state index in [1.807, 2.05) is 0 Å². The monoisotopic (exact) mass is 343 g/mol. The van der Waals surface area contributed by atoms with E-state index in [9.17, 15) is 19.5 Å². The third-order valence-electron chi connectivity index (χ3n) is 4.41. The molecule has 24 heavy (non-hydrogen) atoms. The molecule has 1 unspecified atom stereocenters. The molecule has 0 aliphatic carbocycles. The number of rotatable bonds is 17. The first-order chi connectivity index (χ1) is 11.6. The Morgan fingerprint density at radius 1 is 1.04 bits per heavy atom. The van der Waals surface area contributed by atoms with Crippen LogP contribution in [0.1, 0.15) is 71.1 Å². The summed E-state index contributed by atoms with van der Waals surface area (Å²) in [5, 5.41) is 14.5. The Balaban J connectivity index is 4.54. The second-order valence-electron chi connectivity index (χ2n) is 6.19. The lowest BCUT2D eigenvalue weighted by Crippen LogP contribution is -2.63. The minimum Gasteiger partial charge on any atom is -0.481 e. The van der Waals surface area contributed by atoms with Crippen molar-refractivity contribution in [2.75, 3.05) is 6.54 Å². The van der Waals surface area contributed by atoms with Gasteiger partial charge >= 0.3 is 5.97 Å². The summed E-state index contributed by atoms with van der Waals surface area (Å²) in [7, 11) is 0. The highest BCUT2D eigenvalue weighted by Crippen LogP contribution is 2.25. The van der Waals surface area contributed by atoms with Gasteiger partial charge in [-0.3, -0.25) is 14.4 Å². The molecule has 140 valence electrons. The predicted octanol–water partition coefficient (Wildman–Crippen LogP) is 1.76.